The minimum atomic E-state index is -0.167. The summed E-state index contributed by atoms with van der Waals surface area (Å²) in [5, 5.41) is 15.8. The van der Waals surface area contributed by atoms with Crippen LogP contribution in [0.25, 0.3) is 0 Å². The smallest absolute Gasteiger partial charge is 0.315 e. The molecule has 116 valence electrons. The van der Waals surface area contributed by atoms with Gasteiger partial charge in [-0.25, -0.2) is 4.79 Å². The van der Waals surface area contributed by atoms with Crippen molar-refractivity contribution in [3.05, 3.63) is 0 Å². The van der Waals surface area contributed by atoms with Crippen LogP contribution in [0.15, 0.2) is 0 Å². The molecule has 0 bridgehead atoms. The van der Waals surface area contributed by atoms with E-state index >= 15 is 0 Å². The molecule has 0 aromatic rings. The summed E-state index contributed by atoms with van der Waals surface area (Å²) in [6, 6.07) is 0.557. The van der Waals surface area contributed by atoms with Crippen LogP contribution in [0, 0.1) is 11.8 Å². The Bertz CT molecular complexity index is 312. The molecule has 4 heteroatoms. The third-order valence-corrected chi connectivity index (χ3v) is 5.02. The quantitative estimate of drug-likeness (QED) is 0.745. The molecule has 4 nitrogen and oxygen atoms in total. The normalized spacial score (nSPS) is 34.8. The summed E-state index contributed by atoms with van der Waals surface area (Å²) < 4.78 is 0. The summed E-state index contributed by atoms with van der Waals surface area (Å²) in [4.78, 5) is 12.1. The van der Waals surface area contributed by atoms with Gasteiger partial charge in [-0.15, -0.1) is 0 Å². The second kappa shape index (κ2) is 7.30. The highest BCUT2D eigenvalue weighted by atomic mass is 16.3. The second-order valence-corrected chi connectivity index (χ2v) is 6.92. The van der Waals surface area contributed by atoms with Gasteiger partial charge in [0.25, 0.3) is 0 Å². The van der Waals surface area contributed by atoms with Crippen LogP contribution >= 0.6 is 0 Å². The Morgan fingerprint density at radius 1 is 1.00 bits per heavy atom. The molecule has 0 aliphatic heterocycles. The number of carbonyl (C=O) groups excluding carboxylic acids is 1. The Hall–Kier alpha value is -0.770. The molecule has 2 amide bonds. The van der Waals surface area contributed by atoms with E-state index in [4.69, 9.17) is 0 Å². The second-order valence-electron chi connectivity index (χ2n) is 6.92. The van der Waals surface area contributed by atoms with Gasteiger partial charge in [-0.3, -0.25) is 0 Å². The SMILES string of the molecule is CC(C)C1CCCCC1NC(=O)NC1CCC(O)CC1. The van der Waals surface area contributed by atoms with Gasteiger partial charge in [0.15, 0.2) is 0 Å². The maximum Gasteiger partial charge on any atom is 0.315 e. The first-order chi connectivity index (χ1) is 9.56. The number of urea groups is 1. The van der Waals surface area contributed by atoms with Crippen molar-refractivity contribution in [1.29, 1.82) is 0 Å². The number of aliphatic hydroxyl groups excluding tert-OH is 1. The molecule has 20 heavy (non-hydrogen) atoms. The predicted molar refractivity (Wildman–Crippen MR) is 80.5 cm³/mol. The minimum absolute atomic E-state index is 0.0102. The first-order valence-corrected chi connectivity index (χ1v) is 8.31. The van der Waals surface area contributed by atoms with Gasteiger partial charge >= 0.3 is 6.03 Å². The third-order valence-electron chi connectivity index (χ3n) is 5.02. The maximum absolute atomic E-state index is 12.1. The average Bonchev–Trinajstić information content (AvgIpc) is 2.41. The molecule has 2 rings (SSSR count). The molecule has 2 unspecified atom stereocenters. The van der Waals surface area contributed by atoms with Crippen molar-refractivity contribution in [3.63, 3.8) is 0 Å². The number of nitrogens with one attached hydrogen (secondary N) is 2. The van der Waals surface area contributed by atoms with Gasteiger partial charge < -0.3 is 15.7 Å². The molecule has 0 radical (unpaired) electrons. The Kier molecular flexibility index (Phi) is 5.70. The zero-order chi connectivity index (χ0) is 14.5. The Morgan fingerprint density at radius 2 is 1.65 bits per heavy atom. The fraction of sp³-hybridized carbons (Fsp3) is 0.938. The number of amides is 2. The summed E-state index contributed by atoms with van der Waals surface area (Å²) in [5.41, 5.74) is 0. The first kappa shape index (κ1) is 15.6. The van der Waals surface area contributed by atoms with Gasteiger partial charge in [-0.1, -0.05) is 26.7 Å². The molecule has 2 saturated carbocycles. The van der Waals surface area contributed by atoms with E-state index in [0.29, 0.717) is 17.9 Å². The van der Waals surface area contributed by atoms with Crippen molar-refractivity contribution in [3.8, 4) is 0 Å². The van der Waals surface area contributed by atoms with Crippen molar-refractivity contribution in [2.75, 3.05) is 0 Å². The highest BCUT2D eigenvalue weighted by Crippen LogP contribution is 2.30. The lowest BCUT2D eigenvalue weighted by atomic mass is 9.78. The molecule has 0 heterocycles. The summed E-state index contributed by atoms with van der Waals surface area (Å²) in [5.74, 6) is 1.24. The van der Waals surface area contributed by atoms with Gasteiger partial charge in [-0.2, -0.15) is 0 Å². The summed E-state index contributed by atoms with van der Waals surface area (Å²) >= 11 is 0. The van der Waals surface area contributed by atoms with Crippen molar-refractivity contribution >= 4 is 6.03 Å². The van der Waals surface area contributed by atoms with E-state index in [1.807, 2.05) is 0 Å². The molecule has 0 saturated heterocycles. The zero-order valence-electron chi connectivity index (χ0n) is 12.9. The van der Waals surface area contributed by atoms with Gasteiger partial charge in [0.05, 0.1) is 6.10 Å². The summed E-state index contributed by atoms with van der Waals surface area (Å²) in [6.07, 6.45) is 8.11. The average molecular weight is 282 g/mol. The molecule has 0 spiro atoms. The van der Waals surface area contributed by atoms with E-state index in [0.717, 1.165) is 32.1 Å². The Balaban J connectivity index is 1.78. The third kappa shape index (κ3) is 4.37. The number of rotatable bonds is 3. The van der Waals surface area contributed by atoms with Crippen LogP contribution in [-0.2, 0) is 0 Å². The van der Waals surface area contributed by atoms with Crippen LogP contribution in [0.3, 0.4) is 0 Å². The lowest BCUT2D eigenvalue weighted by Crippen LogP contribution is -2.51. The molecule has 3 N–H and O–H groups in total. The molecule has 2 aliphatic rings. The molecule has 0 aromatic heterocycles. The largest absolute Gasteiger partial charge is 0.393 e. The van der Waals surface area contributed by atoms with Crippen LogP contribution in [0.2, 0.25) is 0 Å². The summed E-state index contributed by atoms with van der Waals surface area (Å²) in [7, 11) is 0. The standard InChI is InChI=1S/C16H30N2O2/c1-11(2)14-5-3-4-6-15(14)18-16(20)17-12-7-9-13(19)10-8-12/h11-15,19H,3-10H2,1-2H3,(H2,17,18,20). The van der Waals surface area contributed by atoms with Crippen LogP contribution in [0.5, 0.6) is 0 Å². The number of hydrogen-bond acceptors (Lipinski definition) is 2. The van der Waals surface area contributed by atoms with Crippen LogP contribution in [0.1, 0.15) is 65.2 Å². The van der Waals surface area contributed by atoms with Crippen LogP contribution in [0.4, 0.5) is 4.79 Å². The maximum atomic E-state index is 12.1. The van der Waals surface area contributed by atoms with Crippen molar-refractivity contribution < 1.29 is 9.90 Å². The van der Waals surface area contributed by atoms with E-state index < -0.39 is 0 Å². The zero-order valence-corrected chi connectivity index (χ0v) is 12.9. The van der Waals surface area contributed by atoms with Gasteiger partial charge in [0.1, 0.15) is 0 Å². The van der Waals surface area contributed by atoms with Crippen molar-refractivity contribution in [2.24, 2.45) is 11.8 Å². The lowest BCUT2D eigenvalue weighted by Gasteiger charge is -2.35. The number of aliphatic hydroxyl groups is 1. The van der Waals surface area contributed by atoms with Gasteiger partial charge in [-0.05, 0) is 50.4 Å². The number of hydrogen-bond donors (Lipinski definition) is 3. The van der Waals surface area contributed by atoms with Gasteiger partial charge in [0.2, 0.25) is 0 Å². The minimum Gasteiger partial charge on any atom is -0.393 e. The Morgan fingerprint density at radius 3 is 2.30 bits per heavy atom. The molecule has 2 atom stereocenters. The first-order valence-electron chi connectivity index (χ1n) is 8.31. The van der Waals surface area contributed by atoms with E-state index in [1.54, 1.807) is 0 Å². The monoisotopic (exact) mass is 282 g/mol. The summed E-state index contributed by atoms with van der Waals surface area (Å²) in [6.45, 7) is 4.51. The Labute approximate surface area is 122 Å². The molecule has 2 aliphatic carbocycles. The molecular weight excluding hydrogens is 252 g/mol. The van der Waals surface area contributed by atoms with E-state index in [-0.39, 0.29) is 18.2 Å². The highest BCUT2D eigenvalue weighted by molar-refractivity contribution is 5.74. The van der Waals surface area contributed by atoms with Crippen molar-refractivity contribution in [1.82, 2.24) is 10.6 Å². The number of carbonyl (C=O) groups is 1. The van der Waals surface area contributed by atoms with Crippen LogP contribution in [-0.4, -0.2) is 29.3 Å². The molecule has 2 fully saturated rings. The van der Waals surface area contributed by atoms with E-state index in [1.165, 1.54) is 19.3 Å². The molecular formula is C16H30N2O2. The molecule has 0 aromatic carbocycles. The fourth-order valence-electron chi connectivity index (χ4n) is 3.75. The predicted octanol–water partition coefficient (Wildman–Crippen LogP) is 2.80. The highest BCUT2D eigenvalue weighted by Gasteiger charge is 2.29. The van der Waals surface area contributed by atoms with Crippen LogP contribution < -0.4 is 10.6 Å². The van der Waals surface area contributed by atoms with E-state index in [9.17, 15) is 9.90 Å². The van der Waals surface area contributed by atoms with E-state index in [2.05, 4.69) is 24.5 Å². The van der Waals surface area contributed by atoms with Crippen molar-refractivity contribution in [2.45, 2.75) is 83.4 Å². The topological polar surface area (TPSA) is 61.4 Å². The van der Waals surface area contributed by atoms with Gasteiger partial charge in [0, 0.05) is 12.1 Å². The fourth-order valence-corrected chi connectivity index (χ4v) is 3.75. The lowest BCUT2D eigenvalue weighted by molar-refractivity contribution is 0.117.